The number of carbonyl (C=O) groups is 1. The third kappa shape index (κ3) is 3.91. The fourth-order valence-electron chi connectivity index (χ4n) is 6.06. The zero-order valence-electron chi connectivity index (χ0n) is 19.6. The summed E-state index contributed by atoms with van der Waals surface area (Å²) in [6, 6.07) is 9.05. The lowest BCUT2D eigenvalue weighted by Crippen LogP contribution is -2.37. The van der Waals surface area contributed by atoms with Crippen molar-refractivity contribution >= 4 is 11.6 Å². The zero-order valence-corrected chi connectivity index (χ0v) is 19.6. The second kappa shape index (κ2) is 7.45. The predicted molar refractivity (Wildman–Crippen MR) is 121 cm³/mol. The van der Waals surface area contributed by atoms with Crippen LogP contribution in [0.25, 0.3) is 16.9 Å². The third-order valence-corrected chi connectivity index (χ3v) is 6.98. The maximum Gasteiger partial charge on any atom is 0.433 e. The molecule has 0 radical (unpaired) electrons. The molecular weight excluding hydrogens is 445 g/mol. The van der Waals surface area contributed by atoms with Gasteiger partial charge < -0.3 is 9.64 Å². The number of amides is 1. The van der Waals surface area contributed by atoms with Crippen LogP contribution in [0, 0.1) is 10.8 Å². The molecule has 1 saturated heterocycles. The third-order valence-electron chi connectivity index (χ3n) is 6.98. The van der Waals surface area contributed by atoms with Crippen molar-refractivity contribution in [3.05, 3.63) is 47.8 Å². The molecule has 5 rings (SSSR count). The minimum atomic E-state index is -4.68. The van der Waals surface area contributed by atoms with E-state index in [4.69, 9.17) is 4.74 Å². The molecule has 2 atom stereocenters. The fraction of sp³-hybridized carbons (Fsp3) is 0.480. The van der Waals surface area contributed by atoms with Crippen molar-refractivity contribution in [1.82, 2.24) is 19.5 Å². The normalized spacial score (nSPS) is 24.0. The SMILES string of the molecule is COc1cccc(-c2cc(C(F)(F)F)n3nc(C(=O)N4CC5(C)CC4CC(C)(C)C5)cc3n2)c1. The van der Waals surface area contributed by atoms with Crippen LogP contribution in [0.5, 0.6) is 5.75 Å². The van der Waals surface area contributed by atoms with Crippen LogP contribution in [0.4, 0.5) is 13.2 Å². The van der Waals surface area contributed by atoms with Gasteiger partial charge in [-0.25, -0.2) is 9.50 Å². The molecule has 34 heavy (non-hydrogen) atoms. The van der Waals surface area contributed by atoms with Gasteiger partial charge in [-0.1, -0.05) is 32.9 Å². The molecule has 1 amide bonds. The highest BCUT2D eigenvalue weighted by Gasteiger charge is 2.51. The summed E-state index contributed by atoms with van der Waals surface area (Å²) in [5, 5.41) is 4.08. The van der Waals surface area contributed by atoms with Gasteiger partial charge in [0.1, 0.15) is 5.75 Å². The highest BCUT2D eigenvalue weighted by molar-refractivity contribution is 5.94. The van der Waals surface area contributed by atoms with Crippen molar-refractivity contribution in [1.29, 1.82) is 0 Å². The number of methoxy groups -OCH3 is 1. The number of aromatic nitrogens is 3. The van der Waals surface area contributed by atoms with Gasteiger partial charge in [0, 0.05) is 24.2 Å². The molecule has 2 bridgehead atoms. The number of halogens is 3. The van der Waals surface area contributed by atoms with Gasteiger partial charge in [0.2, 0.25) is 0 Å². The molecule has 1 aliphatic carbocycles. The summed E-state index contributed by atoms with van der Waals surface area (Å²) in [5.41, 5.74) is -0.297. The van der Waals surface area contributed by atoms with Gasteiger partial charge >= 0.3 is 6.18 Å². The second-order valence-electron chi connectivity index (χ2n) is 10.7. The minimum absolute atomic E-state index is 0.0101. The van der Waals surface area contributed by atoms with Crippen LogP contribution in [0.1, 0.15) is 56.2 Å². The first-order valence-electron chi connectivity index (χ1n) is 11.3. The number of benzene rings is 1. The van der Waals surface area contributed by atoms with E-state index in [0.717, 1.165) is 29.8 Å². The molecule has 0 spiro atoms. The number of ether oxygens (including phenoxy) is 1. The first-order valence-corrected chi connectivity index (χ1v) is 11.3. The number of rotatable bonds is 3. The van der Waals surface area contributed by atoms with Gasteiger partial charge in [-0.15, -0.1) is 0 Å². The molecule has 3 heterocycles. The maximum absolute atomic E-state index is 14.0. The van der Waals surface area contributed by atoms with E-state index in [9.17, 15) is 18.0 Å². The monoisotopic (exact) mass is 472 g/mol. The van der Waals surface area contributed by atoms with E-state index < -0.39 is 11.9 Å². The molecule has 2 unspecified atom stereocenters. The highest BCUT2D eigenvalue weighted by Crippen LogP contribution is 2.52. The van der Waals surface area contributed by atoms with Crippen molar-refractivity contribution in [3.63, 3.8) is 0 Å². The van der Waals surface area contributed by atoms with E-state index in [2.05, 4.69) is 30.9 Å². The van der Waals surface area contributed by atoms with Crippen LogP contribution in [-0.2, 0) is 6.18 Å². The molecule has 180 valence electrons. The van der Waals surface area contributed by atoms with Crippen molar-refractivity contribution < 1.29 is 22.7 Å². The Balaban J connectivity index is 1.57. The number of likely N-dealkylation sites (tertiary alicyclic amines) is 1. The Morgan fingerprint density at radius 2 is 1.91 bits per heavy atom. The molecule has 6 nitrogen and oxygen atoms in total. The molecule has 2 aromatic heterocycles. The van der Waals surface area contributed by atoms with E-state index in [1.165, 1.54) is 13.2 Å². The molecule has 1 aromatic carbocycles. The van der Waals surface area contributed by atoms with Gasteiger partial charge in [-0.05, 0) is 48.3 Å². The van der Waals surface area contributed by atoms with E-state index in [1.807, 2.05) is 0 Å². The Morgan fingerprint density at radius 1 is 1.15 bits per heavy atom. The van der Waals surface area contributed by atoms with Crippen LogP contribution < -0.4 is 4.74 Å². The molecule has 3 aromatic rings. The Morgan fingerprint density at radius 3 is 2.62 bits per heavy atom. The van der Waals surface area contributed by atoms with Crippen LogP contribution in [0.3, 0.4) is 0 Å². The van der Waals surface area contributed by atoms with Crippen molar-refractivity contribution in [2.24, 2.45) is 10.8 Å². The molecule has 2 aliphatic rings. The Hall–Kier alpha value is -3.10. The summed E-state index contributed by atoms with van der Waals surface area (Å²) in [6.45, 7) is 7.18. The van der Waals surface area contributed by atoms with Gasteiger partial charge in [0.15, 0.2) is 17.0 Å². The first kappa shape index (κ1) is 22.7. The topological polar surface area (TPSA) is 59.7 Å². The molecule has 9 heteroatoms. The number of carbonyl (C=O) groups excluding carboxylic acids is 1. The van der Waals surface area contributed by atoms with Gasteiger partial charge in [-0.3, -0.25) is 4.79 Å². The Kier molecular flexibility index (Phi) is 4.97. The van der Waals surface area contributed by atoms with E-state index in [1.54, 1.807) is 29.2 Å². The molecule has 0 N–H and O–H groups in total. The van der Waals surface area contributed by atoms with E-state index in [-0.39, 0.29) is 39.8 Å². The van der Waals surface area contributed by atoms with E-state index >= 15 is 0 Å². The van der Waals surface area contributed by atoms with Crippen LogP contribution in [0.2, 0.25) is 0 Å². The number of hydrogen-bond acceptors (Lipinski definition) is 4. The summed E-state index contributed by atoms with van der Waals surface area (Å²) in [7, 11) is 1.49. The van der Waals surface area contributed by atoms with Gasteiger partial charge in [0.05, 0.1) is 12.8 Å². The molecule has 2 fully saturated rings. The number of hydrogen-bond donors (Lipinski definition) is 0. The lowest BCUT2D eigenvalue weighted by molar-refractivity contribution is -0.142. The van der Waals surface area contributed by atoms with Crippen molar-refractivity contribution in [2.45, 2.75) is 52.3 Å². The molecule has 1 aliphatic heterocycles. The summed E-state index contributed by atoms with van der Waals surface area (Å²) >= 11 is 0. The summed E-state index contributed by atoms with van der Waals surface area (Å²) in [6.07, 6.45) is -1.90. The van der Waals surface area contributed by atoms with E-state index in [0.29, 0.717) is 17.9 Å². The number of alkyl halides is 3. The van der Waals surface area contributed by atoms with Crippen molar-refractivity contribution in [3.8, 4) is 17.0 Å². The molecule has 1 saturated carbocycles. The van der Waals surface area contributed by atoms with Crippen LogP contribution >= 0.6 is 0 Å². The maximum atomic E-state index is 14.0. The summed E-state index contributed by atoms with van der Waals surface area (Å²) in [5.74, 6) is 0.168. The Bertz CT molecular complexity index is 1280. The van der Waals surface area contributed by atoms with Gasteiger partial charge in [0.25, 0.3) is 5.91 Å². The largest absolute Gasteiger partial charge is 0.497 e. The van der Waals surface area contributed by atoms with Crippen LogP contribution in [-0.4, -0.2) is 45.1 Å². The van der Waals surface area contributed by atoms with Crippen LogP contribution in [0.15, 0.2) is 36.4 Å². The Labute approximate surface area is 195 Å². The van der Waals surface area contributed by atoms with Crippen molar-refractivity contribution in [2.75, 3.05) is 13.7 Å². The minimum Gasteiger partial charge on any atom is -0.497 e. The lowest BCUT2D eigenvalue weighted by Gasteiger charge is -2.39. The first-order chi connectivity index (χ1) is 15.9. The summed E-state index contributed by atoms with van der Waals surface area (Å²) in [4.78, 5) is 19.6. The molecular formula is C25H27F3N4O2. The summed E-state index contributed by atoms with van der Waals surface area (Å²) < 4.78 is 47.8. The second-order valence-corrected chi connectivity index (χ2v) is 10.7. The predicted octanol–water partition coefficient (Wildman–Crippen LogP) is 5.46. The smallest absolute Gasteiger partial charge is 0.433 e. The number of fused-ring (bicyclic) bond motifs is 3. The fourth-order valence-corrected chi connectivity index (χ4v) is 6.06. The number of nitrogens with zero attached hydrogens (tertiary/aromatic N) is 4. The standard InChI is InChI=1S/C25H27F3N4O2/c1-23(2)11-16-12-24(3,13-23)14-31(16)22(33)19-10-21-29-18(15-6-5-7-17(8-15)34-4)9-20(25(26,27)28)32(21)30-19/h5-10,16H,11-14H2,1-4H3. The average Bonchev–Trinajstić information content (AvgIpc) is 3.28. The highest BCUT2D eigenvalue weighted by atomic mass is 19.4. The average molecular weight is 473 g/mol. The lowest BCUT2D eigenvalue weighted by atomic mass is 9.65. The zero-order chi connectivity index (χ0) is 24.5. The quantitative estimate of drug-likeness (QED) is 0.508. The van der Waals surface area contributed by atoms with Gasteiger partial charge in [-0.2, -0.15) is 18.3 Å².